The molecule has 2 heterocycles. The average Bonchev–Trinajstić information content (AvgIpc) is 2.85. The summed E-state index contributed by atoms with van der Waals surface area (Å²) in [4.78, 5) is 6.18. The smallest absolute Gasteiger partial charge is 0.129 e. The Morgan fingerprint density at radius 3 is 2.76 bits per heavy atom. The average molecular weight is 248 g/mol. The molecule has 3 rings (SSSR count). The summed E-state index contributed by atoms with van der Waals surface area (Å²) in [5.74, 6) is 0.617. The number of hydrogen-bond acceptors (Lipinski definition) is 4. The number of nitrogen functional groups attached to an aromatic ring is 1. The summed E-state index contributed by atoms with van der Waals surface area (Å²) in [6, 6.07) is 0. The lowest BCUT2D eigenvalue weighted by Crippen LogP contribution is -1.96. The second-order valence-corrected chi connectivity index (χ2v) is 5.58. The summed E-state index contributed by atoms with van der Waals surface area (Å²) in [6.45, 7) is 0. The van der Waals surface area contributed by atoms with Gasteiger partial charge >= 0.3 is 0 Å². The molecule has 0 aromatic carbocycles. The summed E-state index contributed by atoms with van der Waals surface area (Å²) >= 11 is 1.78. The van der Waals surface area contributed by atoms with Crippen molar-refractivity contribution in [1.29, 1.82) is 0 Å². The lowest BCUT2D eigenvalue weighted by molar-refractivity contribution is 0.616. The van der Waals surface area contributed by atoms with Crippen molar-refractivity contribution in [2.24, 2.45) is 0 Å². The standard InChI is InChI=1S/C12H16N4S/c13-11-8(7-14-16-11)12-15-9-5-3-1-2-4-6-10(9)17-12/h7H,1-6H2,(H3,13,14,16). The van der Waals surface area contributed by atoms with E-state index in [0.717, 1.165) is 17.0 Å². The van der Waals surface area contributed by atoms with Gasteiger partial charge in [-0.1, -0.05) is 12.8 Å². The van der Waals surface area contributed by atoms with Crippen LogP contribution in [0.4, 0.5) is 5.82 Å². The van der Waals surface area contributed by atoms with E-state index in [-0.39, 0.29) is 0 Å². The van der Waals surface area contributed by atoms with Gasteiger partial charge in [0, 0.05) is 4.88 Å². The van der Waals surface area contributed by atoms with Crippen molar-refractivity contribution >= 4 is 17.2 Å². The van der Waals surface area contributed by atoms with Crippen LogP contribution in [0.25, 0.3) is 10.6 Å². The summed E-state index contributed by atoms with van der Waals surface area (Å²) in [7, 11) is 0. The van der Waals surface area contributed by atoms with E-state index in [1.807, 2.05) is 0 Å². The van der Waals surface area contributed by atoms with Gasteiger partial charge in [-0.3, -0.25) is 5.10 Å². The van der Waals surface area contributed by atoms with Gasteiger partial charge in [0.05, 0.1) is 17.5 Å². The van der Waals surface area contributed by atoms with E-state index in [9.17, 15) is 0 Å². The van der Waals surface area contributed by atoms with Crippen LogP contribution in [0.15, 0.2) is 6.20 Å². The highest BCUT2D eigenvalue weighted by Crippen LogP contribution is 2.33. The number of nitrogens with two attached hydrogens (primary N) is 1. The quantitative estimate of drug-likeness (QED) is 0.815. The monoisotopic (exact) mass is 248 g/mol. The molecule has 0 amide bonds. The topological polar surface area (TPSA) is 67.6 Å². The third-order valence-electron chi connectivity index (χ3n) is 3.24. The van der Waals surface area contributed by atoms with Crippen LogP contribution in [0.2, 0.25) is 0 Å². The van der Waals surface area contributed by atoms with Gasteiger partial charge in [-0.05, 0) is 25.7 Å². The maximum absolute atomic E-state index is 5.84. The largest absolute Gasteiger partial charge is 0.383 e. The predicted molar refractivity (Wildman–Crippen MR) is 70.0 cm³/mol. The Bertz CT molecular complexity index is 489. The number of nitrogens with one attached hydrogen (secondary N) is 1. The third kappa shape index (κ3) is 2.07. The van der Waals surface area contributed by atoms with Crippen molar-refractivity contribution < 1.29 is 0 Å². The van der Waals surface area contributed by atoms with E-state index in [0.29, 0.717) is 5.82 Å². The van der Waals surface area contributed by atoms with Gasteiger partial charge in [-0.15, -0.1) is 11.3 Å². The van der Waals surface area contributed by atoms with E-state index in [1.54, 1.807) is 17.5 Å². The Morgan fingerprint density at radius 2 is 2.00 bits per heavy atom. The van der Waals surface area contributed by atoms with Gasteiger partial charge in [0.15, 0.2) is 0 Å². The molecule has 1 aliphatic carbocycles. The normalized spacial score (nSPS) is 16.2. The molecule has 0 aliphatic heterocycles. The number of anilines is 1. The highest BCUT2D eigenvalue weighted by molar-refractivity contribution is 7.15. The predicted octanol–water partition coefficient (Wildman–Crippen LogP) is 2.77. The first-order chi connectivity index (χ1) is 8.34. The first kappa shape index (κ1) is 10.8. The van der Waals surface area contributed by atoms with Crippen LogP contribution in [-0.2, 0) is 12.8 Å². The van der Waals surface area contributed by atoms with Gasteiger partial charge < -0.3 is 5.73 Å². The molecule has 0 atom stereocenters. The van der Waals surface area contributed by atoms with Gasteiger partial charge in [0.25, 0.3) is 0 Å². The van der Waals surface area contributed by atoms with E-state index in [1.165, 1.54) is 42.7 Å². The van der Waals surface area contributed by atoms with Gasteiger partial charge in [-0.25, -0.2) is 4.98 Å². The maximum atomic E-state index is 5.84. The number of rotatable bonds is 1. The molecule has 0 unspecified atom stereocenters. The molecule has 0 saturated carbocycles. The van der Waals surface area contributed by atoms with E-state index in [4.69, 9.17) is 10.7 Å². The number of hydrogen-bond donors (Lipinski definition) is 2. The Hall–Kier alpha value is -1.36. The minimum Gasteiger partial charge on any atom is -0.383 e. The molecule has 3 N–H and O–H groups in total. The van der Waals surface area contributed by atoms with Gasteiger partial charge in [0.1, 0.15) is 10.8 Å². The fraction of sp³-hybridized carbons (Fsp3) is 0.500. The second kappa shape index (κ2) is 4.49. The maximum Gasteiger partial charge on any atom is 0.129 e. The van der Waals surface area contributed by atoms with Crippen LogP contribution in [0, 0.1) is 0 Å². The molecule has 0 saturated heterocycles. The Labute approximate surface area is 104 Å². The van der Waals surface area contributed by atoms with E-state index < -0.39 is 0 Å². The molecule has 1 aliphatic rings. The minimum absolute atomic E-state index is 0.617. The highest BCUT2D eigenvalue weighted by Gasteiger charge is 2.16. The summed E-state index contributed by atoms with van der Waals surface area (Å²) in [5.41, 5.74) is 8.07. The van der Waals surface area contributed by atoms with E-state index in [2.05, 4.69) is 10.2 Å². The van der Waals surface area contributed by atoms with Crippen molar-refractivity contribution in [2.75, 3.05) is 5.73 Å². The second-order valence-electron chi connectivity index (χ2n) is 4.50. The highest BCUT2D eigenvalue weighted by atomic mass is 32.1. The summed E-state index contributed by atoms with van der Waals surface area (Å²) in [6.07, 6.45) is 9.28. The number of fused-ring (bicyclic) bond motifs is 1. The summed E-state index contributed by atoms with van der Waals surface area (Å²) in [5, 5.41) is 7.74. The lowest BCUT2D eigenvalue weighted by atomic mass is 10.0. The molecular weight excluding hydrogens is 232 g/mol. The number of H-pyrrole nitrogens is 1. The molecule has 0 radical (unpaired) electrons. The van der Waals surface area contributed by atoms with Crippen LogP contribution >= 0.6 is 11.3 Å². The van der Waals surface area contributed by atoms with Crippen molar-refractivity contribution in [3.05, 3.63) is 16.8 Å². The zero-order valence-electron chi connectivity index (χ0n) is 9.70. The van der Waals surface area contributed by atoms with Crippen LogP contribution in [0.3, 0.4) is 0 Å². The lowest BCUT2D eigenvalue weighted by Gasteiger charge is -2.06. The molecule has 0 spiro atoms. The zero-order valence-corrected chi connectivity index (χ0v) is 10.5. The Kier molecular flexibility index (Phi) is 2.84. The molecule has 2 aromatic heterocycles. The number of thiazole rings is 1. The van der Waals surface area contributed by atoms with Crippen LogP contribution < -0.4 is 5.73 Å². The number of nitrogens with zero attached hydrogens (tertiary/aromatic N) is 2. The van der Waals surface area contributed by atoms with Crippen LogP contribution in [-0.4, -0.2) is 15.2 Å². The van der Waals surface area contributed by atoms with Crippen LogP contribution in [0.1, 0.15) is 36.3 Å². The SMILES string of the molecule is Nc1[nH]ncc1-c1nc2c(s1)CCCCCC2. The number of aromatic nitrogens is 3. The van der Waals surface area contributed by atoms with Crippen molar-refractivity contribution in [1.82, 2.24) is 15.2 Å². The first-order valence-electron chi connectivity index (χ1n) is 6.12. The Balaban J connectivity index is 1.97. The molecule has 17 heavy (non-hydrogen) atoms. The Morgan fingerprint density at radius 1 is 1.18 bits per heavy atom. The number of aromatic amines is 1. The van der Waals surface area contributed by atoms with E-state index >= 15 is 0 Å². The third-order valence-corrected chi connectivity index (χ3v) is 4.44. The van der Waals surface area contributed by atoms with Gasteiger partial charge in [-0.2, -0.15) is 5.10 Å². The molecule has 5 heteroatoms. The fourth-order valence-electron chi connectivity index (χ4n) is 2.29. The van der Waals surface area contributed by atoms with Crippen molar-refractivity contribution in [3.8, 4) is 10.6 Å². The molecular formula is C12H16N4S. The summed E-state index contributed by atoms with van der Waals surface area (Å²) < 4.78 is 0. The molecule has 2 aromatic rings. The minimum atomic E-state index is 0.617. The fourth-order valence-corrected chi connectivity index (χ4v) is 3.46. The number of aryl methyl sites for hydroxylation is 2. The molecule has 4 nitrogen and oxygen atoms in total. The molecule has 0 bridgehead atoms. The van der Waals surface area contributed by atoms with Crippen molar-refractivity contribution in [3.63, 3.8) is 0 Å². The van der Waals surface area contributed by atoms with Gasteiger partial charge in [0.2, 0.25) is 0 Å². The first-order valence-corrected chi connectivity index (χ1v) is 6.94. The van der Waals surface area contributed by atoms with Crippen LogP contribution in [0.5, 0.6) is 0 Å². The van der Waals surface area contributed by atoms with Crippen molar-refractivity contribution in [2.45, 2.75) is 38.5 Å². The molecule has 0 fully saturated rings. The zero-order chi connectivity index (χ0) is 11.7. The molecule has 90 valence electrons.